The number of amides is 1. The SMILES string of the molecule is N#Cc1ccccc1NC(=O)COc1cccnc1[N+](=O)[O-]. The highest BCUT2D eigenvalue weighted by Crippen LogP contribution is 2.22. The third-order valence-electron chi connectivity index (χ3n) is 2.60. The van der Waals surface area contributed by atoms with Crippen LogP contribution in [0, 0.1) is 21.4 Å². The number of ether oxygens (including phenoxy) is 1. The molecule has 1 aromatic carbocycles. The first-order valence-electron chi connectivity index (χ1n) is 6.13. The van der Waals surface area contributed by atoms with Crippen LogP contribution >= 0.6 is 0 Å². The van der Waals surface area contributed by atoms with Crippen LogP contribution in [0.15, 0.2) is 42.6 Å². The van der Waals surface area contributed by atoms with Gasteiger partial charge in [0.1, 0.15) is 12.3 Å². The second kappa shape index (κ2) is 6.81. The lowest BCUT2D eigenvalue weighted by Gasteiger charge is -2.08. The number of hydrogen-bond donors (Lipinski definition) is 1. The van der Waals surface area contributed by atoms with Crippen molar-refractivity contribution in [2.75, 3.05) is 11.9 Å². The number of carbonyl (C=O) groups is 1. The first-order chi connectivity index (χ1) is 10.6. The number of benzene rings is 1. The molecule has 0 bridgehead atoms. The van der Waals surface area contributed by atoms with E-state index in [1.165, 1.54) is 18.3 Å². The number of nitrogens with one attached hydrogen (secondary N) is 1. The summed E-state index contributed by atoms with van der Waals surface area (Å²) < 4.78 is 5.11. The Bertz CT molecular complexity index is 755. The number of pyridine rings is 1. The number of carbonyl (C=O) groups excluding carboxylic acids is 1. The third kappa shape index (κ3) is 3.55. The monoisotopic (exact) mass is 298 g/mol. The Morgan fingerprint density at radius 3 is 2.86 bits per heavy atom. The fraction of sp³-hybridized carbons (Fsp3) is 0.0714. The normalized spacial score (nSPS) is 9.59. The van der Waals surface area contributed by atoms with Gasteiger partial charge in [-0.15, -0.1) is 0 Å². The fourth-order valence-corrected chi connectivity index (χ4v) is 1.65. The number of nitriles is 1. The van der Waals surface area contributed by atoms with Crippen molar-refractivity contribution in [1.29, 1.82) is 5.26 Å². The molecule has 0 spiro atoms. The van der Waals surface area contributed by atoms with Crippen molar-refractivity contribution in [3.8, 4) is 11.8 Å². The summed E-state index contributed by atoms with van der Waals surface area (Å²) in [6.07, 6.45) is 1.26. The molecule has 2 rings (SSSR count). The molecule has 8 heteroatoms. The van der Waals surface area contributed by atoms with Crippen LogP contribution in [0.4, 0.5) is 11.5 Å². The van der Waals surface area contributed by atoms with Crippen molar-refractivity contribution in [2.45, 2.75) is 0 Å². The van der Waals surface area contributed by atoms with Gasteiger partial charge < -0.3 is 20.2 Å². The molecule has 0 aliphatic rings. The Morgan fingerprint density at radius 2 is 2.14 bits per heavy atom. The van der Waals surface area contributed by atoms with Crippen LogP contribution in [0.5, 0.6) is 5.75 Å². The molecule has 0 radical (unpaired) electrons. The van der Waals surface area contributed by atoms with E-state index in [1.807, 2.05) is 6.07 Å². The minimum absolute atomic E-state index is 0.101. The molecule has 1 aromatic heterocycles. The first kappa shape index (κ1) is 14.9. The van der Waals surface area contributed by atoms with Gasteiger partial charge in [0.2, 0.25) is 5.75 Å². The van der Waals surface area contributed by atoms with Gasteiger partial charge in [0.05, 0.1) is 11.3 Å². The molecule has 1 amide bonds. The van der Waals surface area contributed by atoms with Crippen molar-refractivity contribution >= 4 is 17.4 Å². The van der Waals surface area contributed by atoms with Gasteiger partial charge in [0.15, 0.2) is 6.61 Å². The summed E-state index contributed by atoms with van der Waals surface area (Å²) >= 11 is 0. The van der Waals surface area contributed by atoms with Gasteiger partial charge in [-0.25, -0.2) is 0 Å². The Hall–Kier alpha value is -3.47. The summed E-state index contributed by atoms with van der Waals surface area (Å²) in [6, 6.07) is 11.2. The summed E-state index contributed by atoms with van der Waals surface area (Å²) in [4.78, 5) is 25.4. The summed E-state index contributed by atoms with van der Waals surface area (Å²) in [5.74, 6) is -1.11. The van der Waals surface area contributed by atoms with E-state index in [0.717, 1.165) is 0 Å². The molecule has 0 aliphatic carbocycles. The number of hydrogen-bond acceptors (Lipinski definition) is 6. The highest BCUT2D eigenvalue weighted by molar-refractivity contribution is 5.93. The van der Waals surface area contributed by atoms with E-state index in [4.69, 9.17) is 10.00 Å². The molecule has 0 saturated heterocycles. The summed E-state index contributed by atoms with van der Waals surface area (Å²) in [5.41, 5.74) is 0.655. The summed E-state index contributed by atoms with van der Waals surface area (Å²) in [6.45, 7) is -0.438. The fourth-order valence-electron chi connectivity index (χ4n) is 1.65. The molecule has 110 valence electrons. The molecule has 1 heterocycles. The molecule has 1 N–H and O–H groups in total. The number of para-hydroxylation sites is 1. The van der Waals surface area contributed by atoms with E-state index in [9.17, 15) is 14.9 Å². The van der Waals surface area contributed by atoms with Gasteiger partial charge >= 0.3 is 5.82 Å². The van der Waals surface area contributed by atoms with Gasteiger partial charge in [0.25, 0.3) is 5.91 Å². The van der Waals surface area contributed by atoms with Crippen molar-refractivity contribution in [2.24, 2.45) is 0 Å². The van der Waals surface area contributed by atoms with E-state index in [2.05, 4.69) is 10.3 Å². The van der Waals surface area contributed by atoms with Gasteiger partial charge in [-0.2, -0.15) is 5.26 Å². The van der Waals surface area contributed by atoms with Gasteiger partial charge in [-0.1, -0.05) is 12.1 Å². The molecule has 0 saturated carbocycles. The molecule has 2 aromatic rings. The van der Waals surface area contributed by atoms with Crippen LogP contribution in [0.3, 0.4) is 0 Å². The zero-order valence-corrected chi connectivity index (χ0v) is 11.2. The number of nitro groups is 1. The van der Waals surface area contributed by atoms with Crippen LogP contribution in [-0.4, -0.2) is 22.4 Å². The van der Waals surface area contributed by atoms with Gasteiger partial charge in [-0.3, -0.25) is 4.79 Å². The van der Waals surface area contributed by atoms with Crippen LogP contribution in [0.25, 0.3) is 0 Å². The van der Waals surface area contributed by atoms with Crippen LogP contribution in [0.1, 0.15) is 5.56 Å². The zero-order valence-electron chi connectivity index (χ0n) is 11.2. The molecule has 0 aliphatic heterocycles. The predicted octanol–water partition coefficient (Wildman–Crippen LogP) is 1.88. The molecule has 0 fully saturated rings. The third-order valence-corrected chi connectivity index (χ3v) is 2.60. The molecule has 22 heavy (non-hydrogen) atoms. The van der Waals surface area contributed by atoms with Crippen LogP contribution < -0.4 is 10.1 Å². The van der Waals surface area contributed by atoms with Gasteiger partial charge in [0, 0.05) is 0 Å². The number of anilines is 1. The van der Waals surface area contributed by atoms with E-state index in [0.29, 0.717) is 11.3 Å². The van der Waals surface area contributed by atoms with Crippen LogP contribution in [0.2, 0.25) is 0 Å². The van der Waals surface area contributed by atoms with Crippen molar-refractivity contribution in [3.05, 3.63) is 58.3 Å². The molecule has 0 atom stereocenters. The first-order valence-corrected chi connectivity index (χ1v) is 6.13. The Labute approximate surface area is 125 Å². The van der Waals surface area contributed by atoms with Crippen molar-refractivity contribution < 1.29 is 14.5 Å². The average Bonchev–Trinajstić information content (AvgIpc) is 2.53. The lowest BCUT2D eigenvalue weighted by molar-refractivity contribution is -0.390. The number of aromatic nitrogens is 1. The minimum atomic E-state index is -0.696. The smallest absolute Gasteiger partial charge is 0.406 e. The molecular weight excluding hydrogens is 288 g/mol. The summed E-state index contributed by atoms with van der Waals surface area (Å²) in [7, 11) is 0. The maximum Gasteiger partial charge on any atom is 0.406 e. The maximum absolute atomic E-state index is 11.8. The second-order valence-corrected chi connectivity index (χ2v) is 4.08. The maximum atomic E-state index is 11.8. The van der Waals surface area contributed by atoms with E-state index in [-0.39, 0.29) is 5.75 Å². The molecule has 8 nitrogen and oxygen atoms in total. The quantitative estimate of drug-likeness (QED) is 0.665. The zero-order chi connectivity index (χ0) is 15.9. The van der Waals surface area contributed by atoms with E-state index < -0.39 is 23.3 Å². The van der Waals surface area contributed by atoms with E-state index in [1.54, 1.807) is 24.3 Å². The topological polar surface area (TPSA) is 118 Å². The van der Waals surface area contributed by atoms with E-state index >= 15 is 0 Å². The predicted molar refractivity (Wildman–Crippen MR) is 76.2 cm³/mol. The Kier molecular flexibility index (Phi) is 4.62. The van der Waals surface area contributed by atoms with Crippen molar-refractivity contribution in [3.63, 3.8) is 0 Å². The largest absolute Gasteiger partial charge is 0.476 e. The highest BCUT2D eigenvalue weighted by Gasteiger charge is 2.17. The standard InChI is InChI=1S/C14H10N4O4/c15-8-10-4-1-2-5-11(10)17-13(19)9-22-12-6-3-7-16-14(12)18(20)21/h1-7H,9H2,(H,17,19). The molecular formula is C14H10N4O4. The van der Waals surface area contributed by atoms with Crippen molar-refractivity contribution in [1.82, 2.24) is 4.98 Å². The Balaban J connectivity index is 2.02. The second-order valence-electron chi connectivity index (χ2n) is 4.08. The lowest BCUT2D eigenvalue weighted by atomic mass is 10.2. The lowest BCUT2D eigenvalue weighted by Crippen LogP contribution is -2.21. The average molecular weight is 298 g/mol. The highest BCUT2D eigenvalue weighted by atomic mass is 16.6. The minimum Gasteiger partial charge on any atom is -0.476 e. The number of nitrogens with zero attached hydrogens (tertiary/aromatic N) is 3. The number of rotatable bonds is 5. The van der Waals surface area contributed by atoms with Crippen LogP contribution in [-0.2, 0) is 4.79 Å². The molecule has 0 unspecified atom stereocenters. The summed E-state index contributed by atoms with van der Waals surface area (Å²) in [5, 5.41) is 22.2. The Morgan fingerprint density at radius 1 is 1.36 bits per heavy atom. The van der Waals surface area contributed by atoms with Gasteiger partial charge in [-0.05, 0) is 34.2 Å².